The summed E-state index contributed by atoms with van der Waals surface area (Å²) in [6.07, 6.45) is 3.48. The molecule has 1 fully saturated rings. The highest BCUT2D eigenvalue weighted by Gasteiger charge is 2.26. The second-order valence-electron chi connectivity index (χ2n) is 7.62. The summed E-state index contributed by atoms with van der Waals surface area (Å²) >= 11 is 1.65. The lowest BCUT2D eigenvalue weighted by atomic mass is 9.97. The van der Waals surface area contributed by atoms with Gasteiger partial charge in [0.05, 0.1) is 6.26 Å². The number of benzene rings is 1. The maximum absolute atomic E-state index is 12.7. The lowest BCUT2D eigenvalue weighted by Gasteiger charge is -2.30. The molecule has 1 saturated heterocycles. The molecule has 0 atom stereocenters. The third-order valence-corrected chi connectivity index (χ3v) is 8.27. The van der Waals surface area contributed by atoms with E-state index >= 15 is 0 Å². The Hall–Kier alpha value is -1.96. The molecule has 2 aromatic heterocycles. The molecule has 1 radical (unpaired) electrons. The summed E-state index contributed by atoms with van der Waals surface area (Å²) in [4.78, 5) is 14.9. The van der Waals surface area contributed by atoms with Crippen molar-refractivity contribution in [3.05, 3.63) is 64.6 Å². The zero-order chi connectivity index (χ0) is 20.6. The quantitative estimate of drug-likeness (QED) is 0.620. The third-order valence-electron chi connectivity index (χ3n) is 5.68. The fourth-order valence-corrected chi connectivity index (χ4v) is 6.23. The van der Waals surface area contributed by atoms with Crippen LogP contribution >= 0.6 is 11.3 Å². The molecule has 0 amide bonds. The Bertz CT molecular complexity index is 1170. The number of rotatable bonds is 5. The van der Waals surface area contributed by atoms with Crippen molar-refractivity contribution in [1.82, 2.24) is 8.87 Å². The predicted molar refractivity (Wildman–Crippen MR) is 120 cm³/mol. The molecule has 3 aromatic rings. The van der Waals surface area contributed by atoms with Gasteiger partial charge >= 0.3 is 0 Å². The Balaban J connectivity index is 1.70. The number of fused-ring (bicyclic) bond motifs is 1. The third kappa shape index (κ3) is 4.04. The highest BCUT2D eigenvalue weighted by atomic mass is 32.2. The molecule has 153 valence electrons. The van der Waals surface area contributed by atoms with E-state index in [0.29, 0.717) is 32.0 Å². The first kappa shape index (κ1) is 20.3. The molecule has 0 unspecified atom stereocenters. The normalized spacial score (nSPS) is 16.5. The zero-order valence-electron chi connectivity index (χ0n) is 16.5. The number of thiophene rings is 1. The van der Waals surface area contributed by atoms with Crippen molar-refractivity contribution in [3.8, 4) is 11.1 Å². The number of hydrogen-bond acceptors (Lipinski definition) is 4. The van der Waals surface area contributed by atoms with Crippen molar-refractivity contribution in [3.63, 3.8) is 0 Å². The van der Waals surface area contributed by atoms with Crippen molar-refractivity contribution < 1.29 is 8.42 Å². The van der Waals surface area contributed by atoms with Crippen LogP contribution in [0.4, 0.5) is 0 Å². The van der Waals surface area contributed by atoms with Crippen molar-refractivity contribution in [1.29, 1.82) is 0 Å². The van der Waals surface area contributed by atoms with Crippen LogP contribution in [0, 0.1) is 12.8 Å². The Morgan fingerprint density at radius 2 is 1.79 bits per heavy atom. The smallest absolute Gasteiger partial charge is 0.251 e. The number of sulfonamides is 1. The van der Waals surface area contributed by atoms with Gasteiger partial charge in [-0.3, -0.25) is 9.36 Å². The maximum atomic E-state index is 12.7. The second kappa shape index (κ2) is 8.05. The van der Waals surface area contributed by atoms with Crippen LogP contribution in [0.5, 0.6) is 0 Å². The molecule has 1 aromatic carbocycles. The Kier molecular flexibility index (Phi) is 5.64. The minimum atomic E-state index is -3.14. The lowest BCUT2D eigenvalue weighted by molar-refractivity contribution is 0.254. The highest BCUT2D eigenvalue weighted by Crippen LogP contribution is 2.38. The topological polar surface area (TPSA) is 59.4 Å². The van der Waals surface area contributed by atoms with E-state index in [9.17, 15) is 13.2 Å². The molecular weight excluding hydrogens is 404 g/mol. The summed E-state index contributed by atoms with van der Waals surface area (Å²) in [7, 11) is -3.14. The van der Waals surface area contributed by atoms with E-state index in [1.54, 1.807) is 17.4 Å². The molecule has 4 rings (SSSR count). The molecule has 1 aliphatic rings. The van der Waals surface area contributed by atoms with Crippen molar-refractivity contribution in [2.24, 2.45) is 5.92 Å². The summed E-state index contributed by atoms with van der Waals surface area (Å²) in [5.41, 5.74) is 2.31. The van der Waals surface area contributed by atoms with Gasteiger partial charge in [-0.15, -0.1) is 11.3 Å². The number of pyridine rings is 1. The van der Waals surface area contributed by atoms with Crippen molar-refractivity contribution in [2.75, 3.05) is 19.3 Å². The summed E-state index contributed by atoms with van der Waals surface area (Å²) in [5.74, 6) is 0.293. The standard InChI is InChI=1S/C22H25N2O3S2/c1-3-19-21(17-7-5-4-6-8-17)18-9-10-20(25)24(22(18)28-19)15-16-11-13-23(14-12-16)29(2,26)27/h4-10,16H,1,3,11-15H2,2H3. The summed E-state index contributed by atoms with van der Waals surface area (Å²) in [6, 6.07) is 13.8. The van der Waals surface area contributed by atoms with Gasteiger partial charge in [-0.1, -0.05) is 30.3 Å². The van der Waals surface area contributed by atoms with Crippen LogP contribution in [0.3, 0.4) is 0 Å². The average Bonchev–Trinajstić information content (AvgIpc) is 3.09. The summed E-state index contributed by atoms with van der Waals surface area (Å²) in [6.45, 7) is 5.77. The maximum Gasteiger partial charge on any atom is 0.251 e. The van der Waals surface area contributed by atoms with Gasteiger partial charge in [0.25, 0.3) is 5.56 Å². The largest absolute Gasteiger partial charge is 0.299 e. The molecule has 29 heavy (non-hydrogen) atoms. The van der Waals surface area contributed by atoms with E-state index in [1.807, 2.05) is 28.8 Å². The van der Waals surface area contributed by atoms with Crippen molar-refractivity contribution in [2.45, 2.75) is 25.8 Å². The molecule has 0 saturated carbocycles. The van der Waals surface area contributed by atoms with Gasteiger partial charge < -0.3 is 0 Å². The molecule has 1 aliphatic heterocycles. The number of hydrogen-bond donors (Lipinski definition) is 0. The Morgan fingerprint density at radius 1 is 1.10 bits per heavy atom. The number of aromatic nitrogens is 1. The summed E-state index contributed by atoms with van der Waals surface area (Å²) < 4.78 is 26.9. The second-order valence-corrected chi connectivity index (χ2v) is 10.7. The van der Waals surface area contributed by atoms with E-state index in [1.165, 1.54) is 21.0 Å². The summed E-state index contributed by atoms with van der Waals surface area (Å²) in [5, 5.41) is 1.09. The van der Waals surface area contributed by atoms with Gasteiger partial charge in [-0.2, -0.15) is 0 Å². The zero-order valence-corrected chi connectivity index (χ0v) is 18.1. The van der Waals surface area contributed by atoms with Gasteiger partial charge in [-0.05, 0) is 43.7 Å². The Labute approximate surface area is 175 Å². The SMILES string of the molecule is [CH2]Cc1sc2c(ccc(=O)n2CC2CCN(S(C)(=O)=O)CC2)c1-c1ccccc1. The lowest BCUT2D eigenvalue weighted by Crippen LogP contribution is -2.39. The highest BCUT2D eigenvalue weighted by molar-refractivity contribution is 7.88. The van der Waals surface area contributed by atoms with Gasteiger partial charge in [-0.25, -0.2) is 12.7 Å². The molecule has 0 N–H and O–H groups in total. The van der Waals surface area contributed by atoms with Gasteiger partial charge in [0.2, 0.25) is 10.0 Å². The average molecular weight is 430 g/mol. The van der Waals surface area contributed by atoms with E-state index in [0.717, 1.165) is 28.6 Å². The molecule has 0 aliphatic carbocycles. The van der Waals surface area contributed by atoms with Crippen LogP contribution in [0.15, 0.2) is 47.3 Å². The van der Waals surface area contributed by atoms with Crippen LogP contribution in [0.1, 0.15) is 17.7 Å². The van der Waals surface area contributed by atoms with Crippen LogP contribution < -0.4 is 5.56 Å². The van der Waals surface area contributed by atoms with Gasteiger partial charge in [0.15, 0.2) is 0 Å². The molecule has 0 spiro atoms. The van der Waals surface area contributed by atoms with Crippen molar-refractivity contribution >= 4 is 31.6 Å². The number of nitrogens with zero attached hydrogens (tertiary/aromatic N) is 2. The van der Waals surface area contributed by atoms with Crippen LogP contribution in [0.25, 0.3) is 21.3 Å². The minimum absolute atomic E-state index is 0.000448. The van der Waals surface area contributed by atoms with Crippen LogP contribution in [-0.4, -0.2) is 36.6 Å². The first-order valence-corrected chi connectivity index (χ1v) is 12.5. The molecular formula is C22H25N2O3S2. The van der Waals surface area contributed by atoms with Crippen LogP contribution in [-0.2, 0) is 23.0 Å². The van der Waals surface area contributed by atoms with E-state index in [4.69, 9.17) is 0 Å². The predicted octanol–water partition coefficient (Wildman–Crippen LogP) is 3.78. The van der Waals surface area contributed by atoms with Gasteiger partial charge in [0.1, 0.15) is 4.83 Å². The van der Waals surface area contributed by atoms with E-state index in [2.05, 4.69) is 19.1 Å². The molecule has 7 heteroatoms. The first-order valence-electron chi connectivity index (χ1n) is 9.83. The molecule has 5 nitrogen and oxygen atoms in total. The Morgan fingerprint density at radius 3 is 2.41 bits per heavy atom. The van der Waals surface area contributed by atoms with Gasteiger partial charge in [0, 0.05) is 41.5 Å². The molecule has 0 bridgehead atoms. The first-order chi connectivity index (χ1) is 13.9. The number of piperidine rings is 1. The van der Waals surface area contributed by atoms with E-state index in [-0.39, 0.29) is 5.56 Å². The molecule has 3 heterocycles. The fourth-order valence-electron chi connectivity index (χ4n) is 4.13. The minimum Gasteiger partial charge on any atom is -0.299 e. The van der Waals surface area contributed by atoms with Crippen LogP contribution in [0.2, 0.25) is 0 Å². The van der Waals surface area contributed by atoms with E-state index < -0.39 is 10.0 Å². The monoisotopic (exact) mass is 429 g/mol. The fraction of sp³-hybridized carbons (Fsp3) is 0.364.